The van der Waals surface area contributed by atoms with Gasteiger partial charge < -0.3 is 25.4 Å². The number of piperazine rings is 1. The molecule has 3 rings (SSSR count). The zero-order valence-electron chi connectivity index (χ0n) is 16.1. The van der Waals surface area contributed by atoms with E-state index < -0.39 is 0 Å². The van der Waals surface area contributed by atoms with E-state index in [4.69, 9.17) is 0 Å². The first-order valence-electron chi connectivity index (χ1n) is 9.37. The number of carbonyl (C=O) groups excluding carboxylic acids is 3. The number of aryl methyl sites for hydroxylation is 1. The number of urea groups is 1. The first kappa shape index (κ1) is 19.5. The molecule has 4 amide bonds. The Kier molecular flexibility index (Phi) is 5.98. The monoisotopic (exact) mass is 383 g/mol. The SMILES string of the molecule is CCC(=O)Nc1cc(NC(=O)N2CCN(C(=O)c3ccc[nH]3)CC2)ccc1C. The van der Waals surface area contributed by atoms with Crippen molar-refractivity contribution in [3.05, 3.63) is 47.8 Å². The van der Waals surface area contributed by atoms with E-state index in [0.717, 1.165) is 5.56 Å². The standard InChI is InChI=1S/C20H25N5O3/c1-3-18(26)23-17-13-15(7-6-14(17)2)22-20(28)25-11-9-24(10-12-25)19(27)16-5-4-8-21-16/h4-8,13,21H,3,9-12H2,1-2H3,(H,22,28)(H,23,26). The topological polar surface area (TPSA) is 97.5 Å². The van der Waals surface area contributed by atoms with E-state index in [1.165, 1.54) is 0 Å². The summed E-state index contributed by atoms with van der Waals surface area (Å²) in [5.41, 5.74) is 2.79. The second-order valence-electron chi connectivity index (χ2n) is 6.72. The van der Waals surface area contributed by atoms with Crippen molar-refractivity contribution in [2.24, 2.45) is 0 Å². The smallest absolute Gasteiger partial charge is 0.321 e. The van der Waals surface area contributed by atoms with E-state index in [-0.39, 0.29) is 17.8 Å². The molecule has 1 aromatic carbocycles. The molecule has 0 saturated carbocycles. The second-order valence-corrected chi connectivity index (χ2v) is 6.72. The lowest BCUT2D eigenvalue weighted by Gasteiger charge is -2.34. The molecule has 8 heteroatoms. The van der Waals surface area contributed by atoms with Gasteiger partial charge in [-0.25, -0.2) is 4.79 Å². The van der Waals surface area contributed by atoms with Gasteiger partial charge in [0.15, 0.2) is 0 Å². The van der Waals surface area contributed by atoms with Gasteiger partial charge in [0.05, 0.1) is 0 Å². The average Bonchev–Trinajstić information content (AvgIpc) is 3.24. The van der Waals surface area contributed by atoms with E-state index in [0.29, 0.717) is 49.7 Å². The molecule has 8 nitrogen and oxygen atoms in total. The Morgan fingerprint density at radius 3 is 2.39 bits per heavy atom. The molecule has 0 unspecified atom stereocenters. The molecule has 1 aliphatic rings. The molecule has 0 aliphatic carbocycles. The molecule has 1 saturated heterocycles. The van der Waals surface area contributed by atoms with Gasteiger partial charge in [0.2, 0.25) is 5.91 Å². The third-order valence-electron chi connectivity index (χ3n) is 4.77. The van der Waals surface area contributed by atoms with Gasteiger partial charge in [0.1, 0.15) is 5.69 Å². The summed E-state index contributed by atoms with van der Waals surface area (Å²) in [6, 6.07) is 8.73. The molecule has 28 heavy (non-hydrogen) atoms. The normalized spacial score (nSPS) is 13.9. The zero-order chi connectivity index (χ0) is 20.1. The summed E-state index contributed by atoms with van der Waals surface area (Å²) in [5, 5.41) is 5.70. The average molecular weight is 383 g/mol. The highest BCUT2D eigenvalue weighted by atomic mass is 16.2. The zero-order valence-corrected chi connectivity index (χ0v) is 16.1. The minimum absolute atomic E-state index is 0.0556. The highest BCUT2D eigenvalue weighted by molar-refractivity contribution is 5.95. The molecule has 0 atom stereocenters. The summed E-state index contributed by atoms with van der Waals surface area (Å²) in [6.07, 6.45) is 2.11. The molecule has 0 radical (unpaired) electrons. The van der Waals surface area contributed by atoms with Gasteiger partial charge in [0.25, 0.3) is 5.91 Å². The van der Waals surface area contributed by atoms with Gasteiger partial charge in [-0.15, -0.1) is 0 Å². The summed E-state index contributed by atoms with van der Waals surface area (Å²) >= 11 is 0. The molecular formula is C20H25N5O3. The number of benzene rings is 1. The number of nitrogens with zero attached hydrogens (tertiary/aromatic N) is 2. The molecule has 1 fully saturated rings. The van der Waals surface area contributed by atoms with E-state index >= 15 is 0 Å². The molecular weight excluding hydrogens is 358 g/mol. The van der Waals surface area contributed by atoms with Crippen LogP contribution in [0.2, 0.25) is 0 Å². The minimum atomic E-state index is -0.219. The predicted octanol–water partition coefficient (Wildman–Crippen LogP) is 2.66. The largest absolute Gasteiger partial charge is 0.357 e. The van der Waals surface area contributed by atoms with Crippen molar-refractivity contribution in [3.63, 3.8) is 0 Å². The van der Waals surface area contributed by atoms with Gasteiger partial charge in [0, 0.05) is 50.2 Å². The van der Waals surface area contributed by atoms with Crippen LogP contribution in [0.1, 0.15) is 29.4 Å². The number of nitrogens with one attached hydrogen (secondary N) is 3. The number of H-pyrrole nitrogens is 1. The van der Waals surface area contributed by atoms with Crippen LogP contribution in [0.3, 0.4) is 0 Å². The molecule has 0 bridgehead atoms. The molecule has 3 N–H and O–H groups in total. The third kappa shape index (κ3) is 4.51. The van der Waals surface area contributed by atoms with Gasteiger partial charge in [-0.1, -0.05) is 13.0 Å². The molecule has 0 spiro atoms. The van der Waals surface area contributed by atoms with E-state index in [1.54, 1.807) is 47.2 Å². The quantitative estimate of drug-likeness (QED) is 0.757. The van der Waals surface area contributed by atoms with Crippen molar-refractivity contribution < 1.29 is 14.4 Å². The van der Waals surface area contributed by atoms with Crippen molar-refractivity contribution >= 4 is 29.2 Å². The lowest BCUT2D eigenvalue weighted by molar-refractivity contribution is -0.115. The number of aromatic amines is 1. The van der Waals surface area contributed by atoms with Crippen molar-refractivity contribution in [2.75, 3.05) is 36.8 Å². The van der Waals surface area contributed by atoms with Crippen LogP contribution in [0.15, 0.2) is 36.5 Å². The van der Waals surface area contributed by atoms with E-state index in [9.17, 15) is 14.4 Å². The number of hydrogen-bond acceptors (Lipinski definition) is 3. The number of carbonyl (C=O) groups is 3. The number of aromatic nitrogens is 1. The van der Waals surface area contributed by atoms with E-state index in [2.05, 4.69) is 15.6 Å². The fourth-order valence-corrected chi connectivity index (χ4v) is 3.02. The summed E-state index contributed by atoms with van der Waals surface area (Å²) in [4.78, 5) is 42.9. The van der Waals surface area contributed by atoms with Crippen LogP contribution in [-0.4, -0.2) is 58.8 Å². The summed E-state index contributed by atoms with van der Waals surface area (Å²) in [6.45, 7) is 5.58. The maximum Gasteiger partial charge on any atom is 0.321 e. The van der Waals surface area contributed by atoms with Crippen LogP contribution in [0.5, 0.6) is 0 Å². The van der Waals surface area contributed by atoms with Crippen molar-refractivity contribution in [3.8, 4) is 0 Å². The predicted molar refractivity (Wildman–Crippen MR) is 107 cm³/mol. The van der Waals surface area contributed by atoms with Gasteiger partial charge in [-0.2, -0.15) is 0 Å². The minimum Gasteiger partial charge on any atom is -0.357 e. The Balaban J connectivity index is 1.56. The molecule has 2 heterocycles. The lowest BCUT2D eigenvalue weighted by Crippen LogP contribution is -2.51. The fraction of sp³-hybridized carbons (Fsp3) is 0.350. The summed E-state index contributed by atoms with van der Waals surface area (Å²) < 4.78 is 0. The Bertz CT molecular complexity index is 855. The van der Waals surface area contributed by atoms with Crippen LogP contribution in [-0.2, 0) is 4.79 Å². The van der Waals surface area contributed by atoms with E-state index in [1.807, 2.05) is 13.0 Å². The highest BCUT2D eigenvalue weighted by Crippen LogP contribution is 2.21. The maximum atomic E-state index is 12.6. The Labute approximate surface area is 163 Å². The van der Waals surface area contributed by atoms with Crippen LogP contribution < -0.4 is 10.6 Å². The maximum absolute atomic E-state index is 12.6. The van der Waals surface area contributed by atoms with Crippen LogP contribution in [0, 0.1) is 6.92 Å². The number of rotatable bonds is 4. The van der Waals surface area contributed by atoms with Gasteiger partial charge in [-0.3, -0.25) is 9.59 Å². The summed E-state index contributed by atoms with van der Waals surface area (Å²) in [5.74, 6) is -0.130. The summed E-state index contributed by atoms with van der Waals surface area (Å²) in [7, 11) is 0. The van der Waals surface area contributed by atoms with Gasteiger partial charge >= 0.3 is 6.03 Å². The number of hydrogen-bond donors (Lipinski definition) is 3. The Morgan fingerprint density at radius 1 is 1.04 bits per heavy atom. The molecule has 148 valence electrons. The first-order valence-corrected chi connectivity index (χ1v) is 9.37. The molecule has 1 aromatic heterocycles. The van der Waals surface area contributed by atoms with Crippen LogP contribution >= 0.6 is 0 Å². The first-order chi connectivity index (χ1) is 13.5. The third-order valence-corrected chi connectivity index (χ3v) is 4.77. The second kappa shape index (κ2) is 8.60. The van der Waals surface area contributed by atoms with Crippen molar-refractivity contribution in [2.45, 2.75) is 20.3 Å². The van der Waals surface area contributed by atoms with Crippen molar-refractivity contribution in [1.29, 1.82) is 0 Å². The number of amides is 4. The molecule has 2 aromatic rings. The fourth-order valence-electron chi connectivity index (χ4n) is 3.02. The number of anilines is 2. The van der Waals surface area contributed by atoms with Crippen molar-refractivity contribution in [1.82, 2.24) is 14.8 Å². The van der Waals surface area contributed by atoms with Gasteiger partial charge in [-0.05, 0) is 36.8 Å². The Hall–Kier alpha value is -3.29. The van der Waals surface area contributed by atoms with Crippen LogP contribution in [0.25, 0.3) is 0 Å². The Morgan fingerprint density at radius 2 is 1.75 bits per heavy atom. The lowest BCUT2D eigenvalue weighted by atomic mass is 10.1. The van der Waals surface area contributed by atoms with Crippen LogP contribution in [0.4, 0.5) is 16.2 Å². The molecule has 1 aliphatic heterocycles. The highest BCUT2D eigenvalue weighted by Gasteiger charge is 2.25.